The van der Waals surface area contributed by atoms with Crippen LogP contribution in [0.25, 0.3) is 16.6 Å². The molecule has 0 saturated heterocycles. The van der Waals surface area contributed by atoms with E-state index in [1.807, 2.05) is 61.0 Å². The molecule has 0 fully saturated rings. The number of hydrogen-bond donors (Lipinski definition) is 0. The van der Waals surface area contributed by atoms with Gasteiger partial charge in [0.05, 0.1) is 16.6 Å². The van der Waals surface area contributed by atoms with Crippen LogP contribution in [0.3, 0.4) is 0 Å². The summed E-state index contributed by atoms with van der Waals surface area (Å²) in [6, 6.07) is 16.0. The van der Waals surface area contributed by atoms with Crippen LogP contribution >= 0.6 is 0 Å². The molecular weight excluding hydrogens is 236 g/mol. The van der Waals surface area contributed by atoms with Gasteiger partial charge in [-0.3, -0.25) is 9.48 Å². The van der Waals surface area contributed by atoms with Gasteiger partial charge >= 0.3 is 0 Å². The maximum Gasteiger partial charge on any atom is 0.274 e. The lowest BCUT2D eigenvalue weighted by Gasteiger charge is -2.11. The van der Waals surface area contributed by atoms with E-state index in [0.717, 1.165) is 22.2 Å². The Kier molecular flexibility index (Phi) is 2.75. The summed E-state index contributed by atoms with van der Waals surface area (Å²) >= 11 is 0. The van der Waals surface area contributed by atoms with Crippen molar-refractivity contribution >= 4 is 10.9 Å². The summed E-state index contributed by atoms with van der Waals surface area (Å²) in [5.74, 6) is 0. The van der Waals surface area contributed by atoms with Crippen molar-refractivity contribution in [1.82, 2.24) is 9.36 Å². The number of para-hydroxylation sites is 1. The van der Waals surface area contributed by atoms with Crippen LogP contribution in [-0.4, -0.2) is 9.36 Å². The minimum atomic E-state index is 0.0707. The molecule has 0 aliphatic heterocycles. The number of hydrogen-bond acceptors (Lipinski definition) is 1. The van der Waals surface area contributed by atoms with E-state index in [1.165, 1.54) is 0 Å². The van der Waals surface area contributed by atoms with Crippen molar-refractivity contribution in [3.8, 4) is 5.69 Å². The van der Waals surface area contributed by atoms with Gasteiger partial charge in [-0.15, -0.1) is 0 Å². The summed E-state index contributed by atoms with van der Waals surface area (Å²) < 4.78 is 3.78. The fraction of sp³-hybridized carbons (Fsp3) is 0.188. The number of fused-ring (bicyclic) bond motifs is 1. The third-order valence-corrected chi connectivity index (χ3v) is 3.39. The largest absolute Gasteiger partial charge is 0.274 e. The van der Waals surface area contributed by atoms with Gasteiger partial charge in [-0.2, -0.15) is 0 Å². The first-order valence-electron chi connectivity index (χ1n) is 6.50. The molecular formula is C16H16N2O. The highest BCUT2D eigenvalue weighted by atomic mass is 16.1. The smallest absolute Gasteiger partial charge is 0.267 e. The van der Waals surface area contributed by atoms with E-state index in [4.69, 9.17) is 0 Å². The molecule has 0 unspecified atom stereocenters. The van der Waals surface area contributed by atoms with E-state index in [-0.39, 0.29) is 5.56 Å². The Morgan fingerprint density at radius 1 is 1.05 bits per heavy atom. The molecule has 3 aromatic rings. The van der Waals surface area contributed by atoms with E-state index in [0.29, 0.717) is 6.54 Å². The van der Waals surface area contributed by atoms with Crippen molar-refractivity contribution < 1.29 is 0 Å². The van der Waals surface area contributed by atoms with E-state index >= 15 is 0 Å². The highest BCUT2D eigenvalue weighted by Crippen LogP contribution is 2.18. The number of aromatic nitrogens is 2. The van der Waals surface area contributed by atoms with E-state index in [2.05, 4.69) is 6.07 Å². The minimum absolute atomic E-state index is 0.0707. The zero-order valence-corrected chi connectivity index (χ0v) is 11.1. The van der Waals surface area contributed by atoms with Crippen molar-refractivity contribution in [2.24, 2.45) is 0 Å². The quantitative estimate of drug-likeness (QED) is 0.688. The van der Waals surface area contributed by atoms with Crippen LogP contribution in [0.15, 0.2) is 53.3 Å². The van der Waals surface area contributed by atoms with Gasteiger partial charge in [0.1, 0.15) is 0 Å². The Morgan fingerprint density at radius 2 is 1.79 bits per heavy atom. The van der Waals surface area contributed by atoms with Gasteiger partial charge in [0.2, 0.25) is 0 Å². The van der Waals surface area contributed by atoms with Crippen molar-refractivity contribution in [2.75, 3.05) is 0 Å². The average molecular weight is 252 g/mol. The number of rotatable bonds is 2. The summed E-state index contributed by atoms with van der Waals surface area (Å²) in [6.45, 7) is 4.69. The molecule has 96 valence electrons. The third kappa shape index (κ3) is 1.78. The average Bonchev–Trinajstić information content (AvgIpc) is 2.71. The molecule has 2 aromatic carbocycles. The van der Waals surface area contributed by atoms with Crippen LogP contribution in [0.1, 0.15) is 12.5 Å². The molecule has 3 heteroatoms. The molecule has 0 aliphatic rings. The molecule has 0 aliphatic carbocycles. The van der Waals surface area contributed by atoms with Crippen LogP contribution in [0, 0.1) is 6.92 Å². The van der Waals surface area contributed by atoms with Gasteiger partial charge in [0, 0.05) is 6.54 Å². The fourth-order valence-corrected chi connectivity index (χ4v) is 2.49. The number of nitrogens with zero attached hydrogens (tertiary/aromatic N) is 2. The van der Waals surface area contributed by atoms with E-state index < -0.39 is 0 Å². The molecule has 3 rings (SSSR count). The van der Waals surface area contributed by atoms with Crippen LogP contribution in [-0.2, 0) is 6.54 Å². The lowest BCUT2D eigenvalue weighted by atomic mass is 10.2. The first-order valence-corrected chi connectivity index (χ1v) is 6.50. The Morgan fingerprint density at radius 3 is 2.47 bits per heavy atom. The third-order valence-electron chi connectivity index (χ3n) is 3.39. The van der Waals surface area contributed by atoms with E-state index in [1.54, 1.807) is 4.68 Å². The highest BCUT2D eigenvalue weighted by Gasteiger charge is 2.13. The predicted molar refractivity (Wildman–Crippen MR) is 77.9 cm³/mol. The molecule has 3 nitrogen and oxygen atoms in total. The van der Waals surface area contributed by atoms with Gasteiger partial charge in [0.15, 0.2) is 0 Å². The second-order valence-electron chi connectivity index (χ2n) is 4.69. The lowest BCUT2D eigenvalue weighted by molar-refractivity contribution is 0.577. The predicted octanol–water partition coefficient (Wildman–Crippen LogP) is 3.12. The van der Waals surface area contributed by atoms with E-state index in [9.17, 15) is 4.79 Å². The van der Waals surface area contributed by atoms with Crippen molar-refractivity contribution in [3.05, 3.63) is 64.4 Å². The molecule has 0 atom stereocenters. The van der Waals surface area contributed by atoms with Crippen molar-refractivity contribution in [2.45, 2.75) is 20.4 Å². The number of aryl methyl sites for hydroxylation is 1. The maximum atomic E-state index is 12.4. The zero-order chi connectivity index (χ0) is 13.4. The molecule has 1 heterocycles. The van der Waals surface area contributed by atoms with Crippen LogP contribution in [0.5, 0.6) is 0 Å². The minimum Gasteiger partial charge on any atom is -0.267 e. The summed E-state index contributed by atoms with van der Waals surface area (Å²) in [4.78, 5) is 12.4. The van der Waals surface area contributed by atoms with Crippen LogP contribution in [0.2, 0.25) is 0 Å². The Hall–Kier alpha value is -2.29. The summed E-state index contributed by atoms with van der Waals surface area (Å²) in [7, 11) is 0. The molecule has 1 aromatic heterocycles. The fourth-order valence-electron chi connectivity index (χ4n) is 2.49. The Labute approximate surface area is 111 Å². The zero-order valence-electron chi connectivity index (χ0n) is 11.1. The Bertz CT molecular complexity index is 782. The molecule has 0 saturated carbocycles. The van der Waals surface area contributed by atoms with Gasteiger partial charge in [-0.25, -0.2) is 4.68 Å². The second-order valence-corrected chi connectivity index (χ2v) is 4.69. The first-order chi connectivity index (χ1) is 9.22. The molecule has 0 N–H and O–H groups in total. The van der Waals surface area contributed by atoms with Crippen molar-refractivity contribution in [1.29, 1.82) is 0 Å². The van der Waals surface area contributed by atoms with Crippen molar-refractivity contribution in [3.63, 3.8) is 0 Å². The van der Waals surface area contributed by atoms with Gasteiger partial charge in [0.25, 0.3) is 5.56 Å². The topological polar surface area (TPSA) is 26.9 Å². The van der Waals surface area contributed by atoms with Crippen LogP contribution < -0.4 is 5.56 Å². The van der Waals surface area contributed by atoms with Gasteiger partial charge in [-0.1, -0.05) is 24.3 Å². The molecule has 0 radical (unpaired) electrons. The lowest BCUT2D eigenvalue weighted by Crippen LogP contribution is -2.20. The Balaban J connectivity index is 2.46. The molecule has 0 bridgehead atoms. The monoisotopic (exact) mass is 252 g/mol. The highest BCUT2D eigenvalue weighted by molar-refractivity contribution is 5.81. The standard InChI is InChI=1S/C16H16N2O/c1-3-17-16(19)14-10-9-12(2)11-15(14)18(17)13-7-5-4-6-8-13/h4-11H,3H2,1-2H3. The molecule has 19 heavy (non-hydrogen) atoms. The van der Waals surface area contributed by atoms with Gasteiger partial charge in [-0.05, 0) is 43.7 Å². The SMILES string of the molecule is CCn1c(=O)c2ccc(C)cc2n1-c1ccccc1. The normalized spacial score (nSPS) is 11.1. The van der Waals surface area contributed by atoms with Crippen LogP contribution in [0.4, 0.5) is 0 Å². The number of benzene rings is 2. The molecule has 0 spiro atoms. The maximum absolute atomic E-state index is 12.4. The summed E-state index contributed by atoms with van der Waals surface area (Å²) in [5, 5.41) is 0.774. The summed E-state index contributed by atoms with van der Waals surface area (Å²) in [6.07, 6.45) is 0. The molecule has 0 amide bonds. The second kappa shape index (κ2) is 4.43. The first kappa shape index (κ1) is 11.8. The summed E-state index contributed by atoms with van der Waals surface area (Å²) in [5.41, 5.74) is 3.21. The van der Waals surface area contributed by atoms with Gasteiger partial charge < -0.3 is 0 Å².